The number of anilines is 1. The SMILES string of the molecule is CCC(C(=O)NCCOCc1ccccc1)N(c1ccccc1)S(C)(=O)=O. The zero-order valence-corrected chi connectivity index (χ0v) is 16.5. The summed E-state index contributed by atoms with van der Waals surface area (Å²) in [6, 6.07) is 17.6. The number of nitrogens with zero attached hydrogens (tertiary/aromatic N) is 1. The van der Waals surface area contributed by atoms with Gasteiger partial charge in [0.25, 0.3) is 0 Å². The highest BCUT2D eigenvalue weighted by molar-refractivity contribution is 7.92. The molecule has 0 aliphatic heterocycles. The molecular formula is C20H26N2O4S. The molecule has 0 aliphatic rings. The maximum Gasteiger partial charge on any atom is 0.243 e. The second kappa shape index (κ2) is 10.1. The van der Waals surface area contributed by atoms with Crippen molar-refractivity contribution in [1.82, 2.24) is 5.32 Å². The summed E-state index contributed by atoms with van der Waals surface area (Å²) in [5.41, 5.74) is 1.53. The first-order valence-electron chi connectivity index (χ1n) is 8.87. The van der Waals surface area contributed by atoms with Crippen molar-refractivity contribution in [3.63, 3.8) is 0 Å². The van der Waals surface area contributed by atoms with E-state index in [4.69, 9.17) is 4.74 Å². The van der Waals surface area contributed by atoms with E-state index in [0.29, 0.717) is 31.9 Å². The Hall–Kier alpha value is -2.38. The van der Waals surface area contributed by atoms with Gasteiger partial charge in [0.05, 0.1) is 25.2 Å². The van der Waals surface area contributed by atoms with Gasteiger partial charge in [-0.15, -0.1) is 0 Å². The summed E-state index contributed by atoms with van der Waals surface area (Å²) in [5, 5.41) is 2.77. The molecule has 0 heterocycles. The van der Waals surface area contributed by atoms with Gasteiger partial charge in [-0.2, -0.15) is 0 Å². The fourth-order valence-corrected chi connectivity index (χ4v) is 3.98. The van der Waals surface area contributed by atoms with Crippen molar-refractivity contribution in [3.05, 3.63) is 66.2 Å². The Labute approximate surface area is 161 Å². The summed E-state index contributed by atoms with van der Waals surface area (Å²) < 4.78 is 31.3. The molecule has 146 valence electrons. The predicted octanol–water partition coefficient (Wildman–Crippen LogP) is 2.56. The van der Waals surface area contributed by atoms with Gasteiger partial charge in [-0.25, -0.2) is 8.42 Å². The Balaban J connectivity index is 1.93. The van der Waals surface area contributed by atoms with E-state index in [1.165, 1.54) is 4.31 Å². The number of amides is 1. The highest BCUT2D eigenvalue weighted by Crippen LogP contribution is 2.21. The minimum Gasteiger partial charge on any atom is -0.375 e. The van der Waals surface area contributed by atoms with Crippen LogP contribution in [0.2, 0.25) is 0 Å². The minimum absolute atomic E-state index is 0.314. The van der Waals surface area contributed by atoms with Crippen LogP contribution in [0, 0.1) is 0 Å². The quantitative estimate of drug-likeness (QED) is 0.633. The van der Waals surface area contributed by atoms with Crippen LogP contribution in [0.3, 0.4) is 0 Å². The first-order valence-corrected chi connectivity index (χ1v) is 10.7. The van der Waals surface area contributed by atoms with Crippen molar-refractivity contribution in [2.45, 2.75) is 26.0 Å². The second-order valence-electron chi connectivity index (χ2n) is 6.15. The Morgan fingerprint density at radius 3 is 2.22 bits per heavy atom. The van der Waals surface area contributed by atoms with E-state index >= 15 is 0 Å². The molecule has 1 unspecified atom stereocenters. The average molecular weight is 391 g/mol. The Morgan fingerprint density at radius 2 is 1.67 bits per heavy atom. The highest BCUT2D eigenvalue weighted by atomic mass is 32.2. The van der Waals surface area contributed by atoms with Crippen molar-refractivity contribution < 1.29 is 17.9 Å². The molecule has 6 nitrogen and oxygen atoms in total. The van der Waals surface area contributed by atoms with Crippen LogP contribution in [-0.4, -0.2) is 39.8 Å². The van der Waals surface area contributed by atoms with Crippen LogP contribution in [0.4, 0.5) is 5.69 Å². The molecule has 0 radical (unpaired) electrons. The number of benzene rings is 2. The van der Waals surface area contributed by atoms with Crippen molar-refractivity contribution in [1.29, 1.82) is 0 Å². The van der Waals surface area contributed by atoms with E-state index in [9.17, 15) is 13.2 Å². The van der Waals surface area contributed by atoms with Crippen LogP contribution in [0.5, 0.6) is 0 Å². The number of para-hydroxylation sites is 1. The molecular weight excluding hydrogens is 364 g/mol. The molecule has 0 aromatic heterocycles. The van der Waals surface area contributed by atoms with E-state index in [0.717, 1.165) is 11.8 Å². The van der Waals surface area contributed by atoms with Crippen LogP contribution < -0.4 is 9.62 Å². The smallest absolute Gasteiger partial charge is 0.243 e. The number of hydrogen-bond acceptors (Lipinski definition) is 4. The zero-order chi connectivity index (χ0) is 19.7. The maximum atomic E-state index is 12.6. The lowest BCUT2D eigenvalue weighted by molar-refractivity contribution is -0.122. The molecule has 0 aliphatic carbocycles. The van der Waals surface area contributed by atoms with E-state index < -0.39 is 16.1 Å². The average Bonchev–Trinajstić information content (AvgIpc) is 2.66. The number of sulfonamides is 1. The largest absolute Gasteiger partial charge is 0.375 e. The number of carbonyl (C=O) groups is 1. The standard InChI is InChI=1S/C20H26N2O4S/c1-3-19(22(27(2,24)25)18-12-8-5-9-13-18)20(23)21-14-15-26-16-17-10-6-4-7-11-17/h4-13,19H,3,14-16H2,1-2H3,(H,21,23). The first-order chi connectivity index (χ1) is 12.9. The molecule has 1 atom stereocenters. The molecule has 7 heteroatoms. The molecule has 1 N–H and O–H groups in total. The van der Waals surface area contributed by atoms with Crippen LogP contribution in [0.25, 0.3) is 0 Å². The molecule has 0 spiro atoms. The van der Waals surface area contributed by atoms with Crippen molar-refractivity contribution in [2.24, 2.45) is 0 Å². The fourth-order valence-electron chi connectivity index (χ4n) is 2.76. The number of rotatable bonds is 10. The molecule has 2 aromatic rings. The van der Waals surface area contributed by atoms with E-state index in [-0.39, 0.29) is 5.91 Å². The molecule has 27 heavy (non-hydrogen) atoms. The summed E-state index contributed by atoms with van der Waals surface area (Å²) in [5.74, 6) is -0.338. The molecule has 0 bridgehead atoms. The molecule has 2 aromatic carbocycles. The molecule has 0 fully saturated rings. The fraction of sp³-hybridized carbons (Fsp3) is 0.350. The minimum atomic E-state index is -3.60. The summed E-state index contributed by atoms with van der Waals surface area (Å²) >= 11 is 0. The van der Waals surface area contributed by atoms with Gasteiger partial charge in [-0.3, -0.25) is 9.10 Å². The van der Waals surface area contributed by atoms with Gasteiger partial charge in [0.15, 0.2) is 0 Å². The van der Waals surface area contributed by atoms with Crippen molar-refractivity contribution in [3.8, 4) is 0 Å². The van der Waals surface area contributed by atoms with Crippen molar-refractivity contribution in [2.75, 3.05) is 23.7 Å². The third-order valence-electron chi connectivity index (χ3n) is 4.00. The Morgan fingerprint density at radius 1 is 1.07 bits per heavy atom. The third kappa shape index (κ3) is 6.37. The second-order valence-corrected chi connectivity index (χ2v) is 8.01. The predicted molar refractivity (Wildman–Crippen MR) is 107 cm³/mol. The lowest BCUT2D eigenvalue weighted by atomic mass is 10.2. The molecule has 0 saturated heterocycles. The van der Waals surface area contributed by atoms with Gasteiger partial charge < -0.3 is 10.1 Å². The Bertz CT molecular complexity index is 810. The monoisotopic (exact) mass is 390 g/mol. The van der Waals surface area contributed by atoms with Gasteiger partial charge in [-0.05, 0) is 24.1 Å². The number of carbonyl (C=O) groups excluding carboxylic acids is 1. The van der Waals surface area contributed by atoms with Crippen LogP contribution in [0.15, 0.2) is 60.7 Å². The number of ether oxygens (including phenoxy) is 1. The van der Waals surface area contributed by atoms with Crippen LogP contribution in [-0.2, 0) is 26.2 Å². The lowest BCUT2D eigenvalue weighted by Crippen LogP contribution is -2.49. The lowest BCUT2D eigenvalue weighted by Gasteiger charge is -2.30. The van der Waals surface area contributed by atoms with E-state index in [2.05, 4.69) is 5.32 Å². The summed E-state index contributed by atoms with van der Waals surface area (Å²) in [6.45, 7) is 2.92. The zero-order valence-electron chi connectivity index (χ0n) is 15.7. The number of nitrogens with one attached hydrogen (secondary N) is 1. The summed E-state index contributed by atoms with van der Waals surface area (Å²) in [4.78, 5) is 12.6. The first kappa shape index (κ1) is 20.9. The maximum absolute atomic E-state index is 12.6. The Kier molecular flexibility index (Phi) is 7.82. The molecule has 0 saturated carbocycles. The molecule has 1 amide bonds. The van der Waals surface area contributed by atoms with Gasteiger partial charge in [0.1, 0.15) is 6.04 Å². The third-order valence-corrected chi connectivity index (χ3v) is 5.18. The van der Waals surface area contributed by atoms with Crippen LogP contribution >= 0.6 is 0 Å². The topological polar surface area (TPSA) is 75.7 Å². The summed E-state index contributed by atoms with van der Waals surface area (Å²) in [7, 11) is -3.60. The van der Waals surface area contributed by atoms with Crippen LogP contribution in [0.1, 0.15) is 18.9 Å². The highest BCUT2D eigenvalue weighted by Gasteiger charge is 2.31. The molecule has 2 rings (SSSR count). The van der Waals surface area contributed by atoms with Gasteiger partial charge in [0, 0.05) is 6.54 Å². The normalized spacial score (nSPS) is 12.4. The summed E-state index contributed by atoms with van der Waals surface area (Å²) in [6.07, 6.45) is 1.47. The van der Waals surface area contributed by atoms with Gasteiger partial charge >= 0.3 is 0 Å². The van der Waals surface area contributed by atoms with Gasteiger partial charge in [0.2, 0.25) is 15.9 Å². The van der Waals surface area contributed by atoms with Crippen molar-refractivity contribution >= 4 is 21.6 Å². The number of hydrogen-bond donors (Lipinski definition) is 1. The van der Waals surface area contributed by atoms with Gasteiger partial charge in [-0.1, -0.05) is 55.5 Å². The van der Waals surface area contributed by atoms with E-state index in [1.54, 1.807) is 37.3 Å². The van der Waals surface area contributed by atoms with E-state index in [1.807, 2.05) is 30.3 Å².